The van der Waals surface area contributed by atoms with Crippen LogP contribution in [0.4, 0.5) is 11.6 Å². The van der Waals surface area contributed by atoms with E-state index >= 15 is 0 Å². The molecule has 5 aromatic rings. The Balaban J connectivity index is 1.59. The van der Waals surface area contributed by atoms with Gasteiger partial charge in [0.1, 0.15) is 19.8 Å². The molecule has 170 valence electrons. The summed E-state index contributed by atoms with van der Waals surface area (Å²) < 4.78 is 2.83. The van der Waals surface area contributed by atoms with Crippen molar-refractivity contribution in [3.05, 3.63) is 93.2 Å². The largest absolute Gasteiger partial charge is 0.412 e. The molecule has 0 spiro atoms. The molecule has 1 N–H and O–H groups in total. The number of rotatable bonds is 6. The van der Waals surface area contributed by atoms with Crippen LogP contribution in [-0.4, -0.2) is 36.6 Å². The molecule has 0 saturated carbocycles. The summed E-state index contributed by atoms with van der Waals surface area (Å²) in [6.45, 7) is 0.599. The molecule has 0 atom stereocenters. The van der Waals surface area contributed by atoms with Gasteiger partial charge in [0.05, 0.1) is 22.3 Å². The van der Waals surface area contributed by atoms with E-state index in [1.807, 2.05) is 24.3 Å². The van der Waals surface area contributed by atoms with Crippen LogP contribution in [0.1, 0.15) is 5.56 Å². The van der Waals surface area contributed by atoms with Crippen LogP contribution in [0.25, 0.3) is 22.3 Å². The third-order valence-corrected chi connectivity index (χ3v) is 5.74. The number of hydrogen-bond acceptors (Lipinski definition) is 7. The van der Waals surface area contributed by atoms with Crippen LogP contribution in [0.5, 0.6) is 0 Å². The molecular weight excluding hydrogens is 477 g/mol. The zero-order chi connectivity index (χ0) is 23.7. The molecule has 0 aliphatic carbocycles. The maximum Gasteiger partial charge on any atom is 0.285 e. The first-order valence-electron chi connectivity index (χ1n) is 10.1. The summed E-state index contributed by atoms with van der Waals surface area (Å²) in [4.78, 5) is 30.8. The Morgan fingerprint density at radius 2 is 1.76 bits per heavy atom. The fraction of sp³-hybridized carbons (Fsp3) is 0.0870. The molecular formula is C23H17Cl2N7O2. The Hall–Kier alpha value is -3.95. The number of nitrogens with one attached hydrogen (secondary N) is 1. The van der Waals surface area contributed by atoms with E-state index in [0.29, 0.717) is 33.2 Å². The molecule has 0 aliphatic heterocycles. The van der Waals surface area contributed by atoms with Crippen LogP contribution in [-0.2, 0) is 6.54 Å². The maximum atomic E-state index is 12.4. The predicted octanol–water partition coefficient (Wildman–Crippen LogP) is 4.21. The van der Waals surface area contributed by atoms with E-state index < -0.39 is 0 Å². The average Bonchev–Trinajstić information content (AvgIpc) is 3.33. The van der Waals surface area contributed by atoms with Gasteiger partial charge < -0.3 is 10.2 Å². The molecule has 0 bridgehead atoms. The second kappa shape index (κ2) is 9.12. The number of benzene rings is 2. The molecule has 9 nitrogen and oxygen atoms in total. The summed E-state index contributed by atoms with van der Waals surface area (Å²) in [7, 11) is 1.39. The van der Waals surface area contributed by atoms with E-state index in [-0.39, 0.29) is 17.2 Å². The summed E-state index contributed by atoms with van der Waals surface area (Å²) in [5, 5.41) is 8.71. The minimum absolute atomic E-state index is 0.249. The lowest BCUT2D eigenvalue weighted by Gasteiger charge is -2.14. The Kier molecular flexibility index (Phi) is 5.87. The number of halogens is 2. The Labute approximate surface area is 203 Å². The lowest BCUT2D eigenvalue weighted by molar-refractivity contribution is 0.167. The van der Waals surface area contributed by atoms with Crippen molar-refractivity contribution in [2.45, 2.75) is 6.54 Å². The number of fused-ring (bicyclic) bond motifs is 1. The van der Waals surface area contributed by atoms with E-state index in [4.69, 9.17) is 33.0 Å². The Morgan fingerprint density at radius 1 is 1.00 bits per heavy atom. The first-order chi connectivity index (χ1) is 16.5. The van der Waals surface area contributed by atoms with E-state index in [9.17, 15) is 4.79 Å². The van der Waals surface area contributed by atoms with Gasteiger partial charge in [0.15, 0.2) is 5.65 Å². The minimum atomic E-state index is -0.367. The van der Waals surface area contributed by atoms with Crippen molar-refractivity contribution in [2.75, 3.05) is 12.4 Å². The molecule has 3 heterocycles. The molecule has 0 unspecified atom stereocenters. The summed E-state index contributed by atoms with van der Waals surface area (Å²) in [6.07, 6.45) is 3.15. The second-order valence-corrected chi connectivity index (χ2v) is 8.11. The molecule has 5 rings (SSSR count). The van der Waals surface area contributed by atoms with Crippen LogP contribution in [0.2, 0.25) is 10.0 Å². The highest BCUT2D eigenvalue weighted by molar-refractivity contribution is 6.39. The van der Waals surface area contributed by atoms with Crippen molar-refractivity contribution in [3.8, 4) is 11.3 Å². The summed E-state index contributed by atoms with van der Waals surface area (Å²) in [5.74, 6) is 0.249. The third-order valence-electron chi connectivity index (χ3n) is 5.11. The van der Waals surface area contributed by atoms with Gasteiger partial charge in [0.2, 0.25) is 5.95 Å². The Morgan fingerprint density at radius 3 is 2.44 bits per heavy atom. The maximum absolute atomic E-state index is 12.4. The number of hydrogen-bond donors (Lipinski definition) is 1. The molecule has 0 fully saturated rings. The predicted molar refractivity (Wildman–Crippen MR) is 131 cm³/mol. The number of pyridine rings is 1. The van der Waals surface area contributed by atoms with Crippen LogP contribution < -0.4 is 15.7 Å². The van der Waals surface area contributed by atoms with Crippen LogP contribution in [0.15, 0.2) is 72.0 Å². The molecule has 11 heteroatoms. The number of anilines is 2. The zero-order valence-corrected chi connectivity index (χ0v) is 19.3. The van der Waals surface area contributed by atoms with Gasteiger partial charge in [-0.3, -0.25) is 4.79 Å². The molecule has 34 heavy (non-hydrogen) atoms. The van der Waals surface area contributed by atoms with Crippen molar-refractivity contribution in [1.82, 2.24) is 29.5 Å². The van der Waals surface area contributed by atoms with Gasteiger partial charge in [-0.25, -0.2) is 14.6 Å². The van der Waals surface area contributed by atoms with Gasteiger partial charge >= 0.3 is 0 Å². The minimum Gasteiger partial charge on any atom is -0.412 e. The third kappa shape index (κ3) is 4.18. The summed E-state index contributed by atoms with van der Waals surface area (Å²) >= 11 is 13.0. The highest BCUT2D eigenvalue weighted by atomic mass is 35.5. The van der Waals surface area contributed by atoms with Gasteiger partial charge in [0.25, 0.3) is 5.56 Å². The average molecular weight is 494 g/mol. The smallest absolute Gasteiger partial charge is 0.285 e. The normalized spacial score (nSPS) is 11.0. The lowest BCUT2D eigenvalue weighted by Crippen LogP contribution is -2.25. The molecule has 0 aliphatic rings. The van der Waals surface area contributed by atoms with Crippen molar-refractivity contribution in [2.24, 2.45) is 0 Å². The number of nitrogens with zero attached hydrogens (tertiary/aromatic N) is 6. The van der Waals surface area contributed by atoms with E-state index in [1.54, 1.807) is 35.3 Å². The van der Waals surface area contributed by atoms with Crippen LogP contribution >= 0.6 is 23.2 Å². The van der Waals surface area contributed by atoms with E-state index in [2.05, 4.69) is 20.4 Å². The highest BCUT2D eigenvalue weighted by Crippen LogP contribution is 2.37. The monoisotopic (exact) mass is 493 g/mol. The molecule has 2 aromatic carbocycles. The van der Waals surface area contributed by atoms with E-state index in [0.717, 1.165) is 16.0 Å². The molecule has 0 amide bonds. The van der Waals surface area contributed by atoms with Crippen LogP contribution in [0, 0.1) is 0 Å². The number of aromatic nitrogens is 6. The van der Waals surface area contributed by atoms with Crippen molar-refractivity contribution < 1.29 is 4.84 Å². The van der Waals surface area contributed by atoms with Crippen molar-refractivity contribution >= 4 is 45.9 Å². The van der Waals surface area contributed by atoms with Gasteiger partial charge in [0, 0.05) is 22.7 Å². The fourth-order valence-corrected chi connectivity index (χ4v) is 4.14. The van der Waals surface area contributed by atoms with E-state index in [1.165, 1.54) is 19.5 Å². The Bertz CT molecular complexity index is 1510. The molecule has 3 aromatic heterocycles. The highest BCUT2D eigenvalue weighted by Gasteiger charge is 2.18. The summed E-state index contributed by atoms with van der Waals surface area (Å²) in [5.41, 5.74) is 2.71. The molecule has 0 saturated heterocycles. The second-order valence-electron chi connectivity index (χ2n) is 7.29. The zero-order valence-electron chi connectivity index (χ0n) is 17.8. The van der Waals surface area contributed by atoms with Gasteiger partial charge in [-0.2, -0.15) is 10.1 Å². The topological polar surface area (TPSA) is 99.8 Å². The van der Waals surface area contributed by atoms with Gasteiger partial charge in [-0.15, -0.1) is 4.73 Å². The first-order valence-corrected chi connectivity index (χ1v) is 10.9. The molecule has 0 radical (unpaired) electrons. The quantitative estimate of drug-likeness (QED) is 0.378. The van der Waals surface area contributed by atoms with Gasteiger partial charge in [-0.1, -0.05) is 41.4 Å². The van der Waals surface area contributed by atoms with Crippen LogP contribution in [0.3, 0.4) is 0 Å². The van der Waals surface area contributed by atoms with Crippen molar-refractivity contribution in [1.29, 1.82) is 0 Å². The fourth-order valence-electron chi connectivity index (χ4n) is 3.56. The SMILES string of the molecule is COn1c(=O)ccc2c(-c3c(Cl)cccc3Cl)nc(Nc3ccc(Cn4cncn4)cc3)nc21. The van der Waals surface area contributed by atoms with Crippen molar-refractivity contribution in [3.63, 3.8) is 0 Å². The first kappa shape index (κ1) is 21.9. The lowest BCUT2D eigenvalue weighted by atomic mass is 10.1. The van der Waals surface area contributed by atoms with Gasteiger partial charge in [-0.05, 0) is 35.9 Å². The summed E-state index contributed by atoms with van der Waals surface area (Å²) in [6, 6.07) is 15.9. The standard InChI is InChI=1S/C23H17Cl2N7O2/c1-34-32-19(33)10-9-16-21(20-17(24)3-2-4-18(20)25)29-23(30-22(16)32)28-15-7-5-14(6-8-15)11-31-13-26-12-27-31/h2-10,12-13H,11H2,1H3,(H,28,29,30).